The van der Waals surface area contributed by atoms with Gasteiger partial charge in [-0.3, -0.25) is 9.79 Å². The number of benzene rings is 2. The van der Waals surface area contributed by atoms with Crippen LogP contribution in [0.2, 0.25) is 0 Å². The zero-order chi connectivity index (χ0) is 21.3. The number of aromatic nitrogens is 1. The van der Waals surface area contributed by atoms with E-state index >= 15 is 0 Å². The molecule has 1 aliphatic rings. The monoisotopic (exact) mass is 425 g/mol. The number of aryl methyl sites for hydroxylation is 1. The van der Waals surface area contributed by atoms with Crippen LogP contribution in [0.4, 0.5) is 0 Å². The maximum absolute atomic E-state index is 12.7. The van der Waals surface area contributed by atoms with Gasteiger partial charge in [-0.15, -0.1) is 11.3 Å². The van der Waals surface area contributed by atoms with Gasteiger partial charge in [0.2, 0.25) is 0 Å². The minimum Gasteiger partial charge on any atom is -0.352 e. The molecule has 0 spiro atoms. The van der Waals surface area contributed by atoms with Crippen LogP contribution in [0.5, 0.6) is 0 Å². The highest BCUT2D eigenvalue weighted by Gasteiger charge is 2.11. The summed E-state index contributed by atoms with van der Waals surface area (Å²) in [5.41, 5.74) is 3.61. The summed E-state index contributed by atoms with van der Waals surface area (Å²) < 4.78 is 0. The van der Waals surface area contributed by atoms with Crippen molar-refractivity contribution in [1.29, 1.82) is 0 Å². The summed E-state index contributed by atoms with van der Waals surface area (Å²) in [6.07, 6.45) is 10.2. The van der Waals surface area contributed by atoms with Crippen molar-refractivity contribution in [2.24, 2.45) is 4.99 Å². The van der Waals surface area contributed by atoms with E-state index in [-0.39, 0.29) is 11.9 Å². The van der Waals surface area contributed by atoms with Gasteiger partial charge in [0.25, 0.3) is 5.91 Å². The molecule has 31 heavy (non-hydrogen) atoms. The molecule has 154 valence electrons. The molecular formula is C26H23N3OS. The molecular weight excluding hydrogens is 402 g/mol. The number of aliphatic imine (C=N–C) groups is 1. The number of carbonyl (C=O) groups excluding carboxylic acids is 1. The van der Waals surface area contributed by atoms with E-state index < -0.39 is 0 Å². The van der Waals surface area contributed by atoms with Crippen LogP contribution in [-0.2, 0) is 12.8 Å². The third-order valence-electron chi connectivity index (χ3n) is 5.00. The highest BCUT2D eigenvalue weighted by molar-refractivity contribution is 7.09. The van der Waals surface area contributed by atoms with Gasteiger partial charge < -0.3 is 5.32 Å². The molecule has 1 unspecified atom stereocenters. The Hall–Kier alpha value is -3.49. The first kappa shape index (κ1) is 20.8. The lowest BCUT2D eigenvalue weighted by molar-refractivity contribution is 0.0954. The first-order chi connectivity index (χ1) is 15.3. The Labute approximate surface area is 186 Å². The van der Waals surface area contributed by atoms with Gasteiger partial charge in [0.05, 0.1) is 11.0 Å². The van der Waals surface area contributed by atoms with E-state index in [2.05, 4.69) is 33.2 Å². The first-order valence-corrected chi connectivity index (χ1v) is 11.2. The second-order valence-corrected chi connectivity index (χ2v) is 8.19. The van der Waals surface area contributed by atoms with Crippen molar-refractivity contribution in [3.05, 3.63) is 99.5 Å². The van der Waals surface area contributed by atoms with Crippen LogP contribution >= 0.6 is 11.3 Å². The summed E-state index contributed by atoms with van der Waals surface area (Å²) in [5.74, 6) is 6.42. The Kier molecular flexibility index (Phi) is 7.04. The molecule has 1 aliphatic heterocycles. The van der Waals surface area contributed by atoms with Crippen molar-refractivity contribution >= 4 is 23.5 Å². The molecule has 3 aromatic rings. The van der Waals surface area contributed by atoms with Crippen molar-refractivity contribution in [1.82, 2.24) is 10.3 Å². The van der Waals surface area contributed by atoms with Crippen LogP contribution in [0.25, 0.3) is 0 Å². The summed E-state index contributed by atoms with van der Waals surface area (Å²) in [5, 5.41) is 5.95. The van der Waals surface area contributed by atoms with E-state index in [1.165, 1.54) is 0 Å². The highest BCUT2D eigenvalue weighted by atomic mass is 32.1. The average molecular weight is 426 g/mol. The molecule has 1 aromatic heterocycles. The van der Waals surface area contributed by atoms with Crippen molar-refractivity contribution in [3.63, 3.8) is 0 Å². The zero-order valence-corrected chi connectivity index (χ0v) is 17.9. The lowest BCUT2D eigenvalue weighted by Gasteiger charge is -2.10. The maximum atomic E-state index is 12.7. The molecule has 0 bridgehead atoms. The van der Waals surface area contributed by atoms with Gasteiger partial charge in [0, 0.05) is 47.4 Å². The number of rotatable bonds is 7. The number of thiazole rings is 1. The largest absolute Gasteiger partial charge is 0.352 e. The summed E-state index contributed by atoms with van der Waals surface area (Å²) in [7, 11) is 0. The fraction of sp³-hybridized carbons (Fsp3) is 0.192. The Morgan fingerprint density at radius 3 is 2.77 bits per heavy atom. The van der Waals surface area contributed by atoms with E-state index in [1.54, 1.807) is 17.5 Å². The summed E-state index contributed by atoms with van der Waals surface area (Å²) in [4.78, 5) is 21.4. The van der Waals surface area contributed by atoms with Crippen molar-refractivity contribution in [3.8, 4) is 11.8 Å². The quantitative estimate of drug-likeness (QED) is 0.569. The van der Waals surface area contributed by atoms with Crippen LogP contribution in [0, 0.1) is 11.8 Å². The molecule has 0 radical (unpaired) electrons. The van der Waals surface area contributed by atoms with Crippen LogP contribution in [0.3, 0.4) is 0 Å². The SMILES string of the molecule is O=C(NCCc1nccs1)c1ccc(CCC2C=CC=N2)c(C#Cc2ccccc2)c1. The van der Waals surface area contributed by atoms with E-state index in [0.29, 0.717) is 12.1 Å². The molecule has 1 N–H and O–H groups in total. The summed E-state index contributed by atoms with van der Waals surface area (Å²) in [6, 6.07) is 15.9. The summed E-state index contributed by atoms with van der Waals surface area (Å²) >= 11 is 1.60. The van der Waals surface area contributed by atoms with Crippen LogP contribution in [0.15, 0.2) is 77.3 Å². The fourth-order valence-electron chi connectivity index (χ4n) is 3.34. The third kappa shape index (κ3) is 6.00. The number of hydrogen-bond acceptors (Lipinski definition) is 4. The number of hydrogen-bond donors (Lipinski definition) is 1. The standard InChI is InChI=1S/C26H23N3OS/c30-26(29-16-14-25-28-17-18-31-25)23-11-10-21(12-13-24-7-4-15-27-24)22(19-23)9-8-20-5-2-1-3-6-20/h1-7,10-11,15,17-19,24H,12-14,16H2,(H,29,30). The van der Waals surface area contributed by atoms with Crippen LogP contribution in [0.1, 0.15) is 38.5 Å². The van der Waals surface area contributed by atoms with Crippen LogP contribution < -0.4 is 5.32 Å². The van der Waals surface area contributed by atoms with E-state index in [9.17, 15) is 4.79 Å². The highest BCUT2D eigenvalue weighted by Crippen LogP contribution is 2.17. The number of nitrogens with one attached hydrogen (secondary N) is 1. The zero-order valence-electron chi connectivity index (χ0n) is 17.1. The topological polar surface area (TPSA) is 54.4 Å². The van der Waals surface area contributed by atoms with Gasteiger partial charge in [0.15, 0.2) is 0 Å². The molecule has 0 fully saturated rings. The fourth-order valence-corrected chi connectivity index (χ4v) is 3.96. The minimum atomic E-state index is -0.0887. The van der Waals surface area contributed by atoms with Gasteiger partial charge in [-0.05, 0) is 48.7 Å². The minimum absolute atomic E-state index is 0.0887. The normalized spacial score (nSPS) is 14.3. The number of amides is 1. The lowest BCUT2D eigenvalue weighted by Crippen LogP contribution is -2.25. The van der Waals surface area contributed by atoms with E-state index in [1.807, 2.05) is 66.2 Å². The Bertz CT molecular complexity index is 1130. The molecule has 5 heteroatoms. The Balaban J connectivity index is 1.49. The molecule has 0 aliphatic carbocycles. The van der Waals surface area contributed by atoms with Gasteiger partial charge in [0.1, 0.15) is 0 Å². The van der Waals surface area contributed by atoms with Crippen molar-refractivity contribution in [2.75, 3.05) is 6.54 Å². The maximum Gasteiger partial charge on any atom is 0.251 e. The van der Waals surface area contributed by atoms with Crippen molar-refractivity contribution in [2.45, 2.75) is 25.3 Å². The van der Waals surface area contributed by atoms with Gasteiger partial charge >= 0.3 is 0 Å². The second-order valence-electron chi connectivity index (χ2n) is 7.21. The van der Waals surface area contributed by atoms with E-state index in [4.69, 9.17) is 0 Å². The molecule has 2 heterocycles. The predicted molar refractivity (Wildman–Crippen MR) is 127 cm³/mol. The molecule has 0 saturated carbocycles. The molecule has 4 rings (SSSR count). The van der Waals surface area contributed by atoms with Crippen LogP contribution in [-0.4, -0.2) is 29.7 Å². The van der Waals surface area contributed by atoms with E-state index in [0.717, 1.165) is 41.0 Å². The van der Waals surface area contributed by atoms with Crippen molar-refractivity contribution < 1.29 is 4.79 Å². The number of nitrogens with zero attached hydrogens (tertiary/aromatic N) is 2. The first-order valence-electron chi connectivity index (χ1n) is 10.3. The average Bonchev–Trinajstić information content (AvgIpc) is 3.51. The number of carbonyl (C=O) groups is 1. The molecule has 0 saturated heterocycles. The smallest absolute Gasteiger partial charge is 0.251 e. The second kappa shape index (κ2) is 10.5. The van der Waals surface area contributed by atoms with Gasteiger partial charge in [-0.1, -0.05) is 42.2 Å². The number of allylic oxidation sites excluding steroid dienone is 1. The summed E-state index contributed by atoms with van der Waals surface area (Å²) in [6.45, 7) is 0.561. The third-order valence-corrected chi connectivity index (χ3v) is 5.84. The predicted octanol–water partition coefficient (Wildman–Crippen LogP) is 4.46. The molecule has 1 atom stereocenters. The molecule has 2 aromatic carbocycles. The van der Waals surface area contributed by atoms with Gasteiger partial charge in [-0.2, -0.15) is 0 Å². The van der Waals surface area contributed by atoms with Gasteiger partial charge in [-0.25, -0.2) is 4.98 Å². The Morgan fingerprint density at radius 2 is 2.00 bits per heavy atom. The lowest BCUT2D eigenvalue weighted by atomic mass is 9.97. The molecule has 4 nitrogen and oxygen atoms in total. The molecule has 1 amide bonds. The Morgan fingerprint density at radius 1 is 1.10 bits per heavy atom.